The van der Waals surface area contributed by atoms with E-state index < -0.39 is 0 Å². The number of phenols is 1. The van der Waals surface area contributed by atoms with Gasteiger partial charge in [0.25, 0.3) is 0 Å². The second-order valence-corrected chi connectivity index (χ2v) is 6.87. The minimum Gasteiger partial charge on any atom is -0.508 e. The number of amides is 1. The van der Waals surface area contributed by atoms with E-state index in [-0.39, 0.29) is 17.8 Å². The second-order valence-electron chi connectivity index (χ2n) is 6.87. The molecule has 1 aromatic carbocycles. The molecule has 1 N–H and O–H groups in total. The Labute approximate surface area is 160 Å². The van der Waals surface area contributed by atoms with Gasteiger partial charge in [-0.2, -0.15) is 0 Å². The SMILES string of the molecule is C=C/C=C(\C)N1CCC(N(C)C(=O)n2cnc(-c3cccc(O)c3)c2)CC1. The molecule has 0 radical (unpaired) electrons. The van der Waals surface area contributed by atoms with Crippen LogP contribution < -0.4 is 0 Å². The number of phenolic OH excluding ortho intramolecular Hbond substituents is 1. The third-order valence-electron chi connectivity index (χ3n) is 5.12. The van der Waals surface area contributed by atoms with Crippen LogP contribution in [-0.4, -0.2) is 56.7 Å². The Hall–Kier alpha value is -3.02. The Morgan fingerprint density at radius 2 is 2.11 bits per heavy atom. The summed E-state index contributed by atoms with van der Waals surface area (Å²) in [6.07, 6.45) is 8.92. The Bertz CT molecular complexity index is 847. The fourth-order valence-electron chi connectivity index (χ4n) is 3.46. The maximum Gasteiger partial charge on any atom is 0.329 e. The van der Waals surface area contributed by atoms with E-state index in [1.165, 1.54) is 16.6 Å². The van der Waals surface area contributed by atoms with Crippen LogP contribution in [0.4, 0.5) is 4.79 Å². The molecule has 27 heavy (non-hydrogen) atoms. The van der Waals surface area contributed by atoms with Crippen LogP contribution in [0.1, 0.15) is 19.8 Å². The molecule has 1 aliphatic heterocycles. The molecule has 0 spiro atoms. The largest absolute Gasteiger partial charge is 0.508 e. The van der Waals surface area contributed by atoms with Gasteiger partial charge >= 0.3 is 6.03 Å². The monoisotopic (exact) mass is 366 g/mol. The molecule has 6 heteroatoms. The highest BCUT2D eigenvalue weighted by Gasteiger charge is 2.26. The Morgan fingerprint density at radius 3 is 2.78 bits per heavy atom. The van der Waals surface area contributed by atoms with Crippen LogP contribution in [0.2, 0.25) is 0 Å². The molecule has 0 saturated carbocycles. The number of aromatic nitrogens is 2. The molecule has 0 unspecified atom stereocenters. The Kier molecular flexibility index (Phi) is 5.64. The third-order valence-corrected chi connectivity index (χ3v) is 5.12. The van der Waals surface area contributed by atoms with Crippen LogP contribution in [0.15, 0.2) is 61.2 Å². The van der Waals surface area contributed by atoms with Crippen molar-refractivity contribution in [3.63, 3.8) is 0 Å². The molecule has 1 fully saturated rings. The number of aromatic hydroxyl groups is 1. The number of rotatable bonds is 4. The molecule has 2 heterocycles. The first-order chi connectivity index (χ1) is 13.0. The summed E-state index contributed by atoms with van der Waals surface area (Å²) in [5.41, 5.74) is 2.65. The molecule has 6 nitrogen and oxygen atoms in total. The number of likely N-dealkylation sites (tertiary alicyclic amines) is 1. The molecule has 3 rings (SSSR count). The van der Waals surface area contributed by atoms with E-state index in [9.17, 15) is 9.90 Å². The van der Waals surface area contributed by atoms with Gasteiger partial charge in [-0.1, -0.05) is 24.8 Å². The van der Waals surface area contributed by atoms with Crippen molar-refractivity contribution in [2.45, 2.75) is 25.8 Å². The quantitative estimate of drug-likeness (QED) is 0.838. The Morgan fingerprint density at radius 1 is 1.37 bits per heavy atom. The van der Waals surface area contributed by atoms with Gasteiger partial charge in [-0.3, -0.25) is 4.57 Å². The minimum absolute atomic E-state index is 0.0919. The number of carbonyl (C=O) groups excluding carboxylic acids is 1. The molecule has 2 aromatic rings. The lowest BCUT2D eigenvalue weighted by Gasteiger charge is -2.38. The number of allylic oxidation sites excluding steroid dienone is 3. The van der Waals surface area contributed by atoms with Gasteiger partial charge in [0.2, 0.25) is 0 Å². The second kappa shape index (κ2) is 8.12. The van der Waals surface area contributed by atoms with Gasteiger partial charge in [0.15, 0.2) is 0 Å². The lowest BCUT2D eigenvalue weighted by molar-refractivity contribution is 0.151. The van der Waals surface area contributed by atoms with Crippen LogP contribution in [-0.2, 0) is 0 Å². The first-order valence-electron chi connectivity index (χ1n) is 9.14. The standard InChI is InChI=1S/C21H26N4O2/c1-4-6-16(2)24-11-9-18(10-12-24)23(3)21(27)25-14-20(22-15-25)17-7-5-8-19(26)13-17/h4-8,13-15,18,26H,1,9-12H2,2-3H3/b16-6+. The van der Waals surface area contributed by atoms with Gasteiger partial charge in [0.1, 0.15) is 12.1 Å². The van der Waals surface area contributed by atoms with E-state index in [0.29, 0.717) is 5.69 Å². The fourth-order valence-corrected chi connectivity index (χ4v) is 3.46. The van der Waals surface area contributed by atoms with Crippen molar-refractivity contribution in [3.05, 3.63) is 61.2 Å². The summed E-state index contributed by atoms with van der Waals surface area (Å²) in [6.45, 7) is 7.69. The smallest absolute Gasteiger partial charge is 0.329 e. The molecule has 1 amide bonds. The summed E-state index contributed by atoms with van der Waals surface area (Å²) in [5, 5.41) is 9.62. The van der Waals surface area contributed by atoms with Gasteiger partial charge in [0.05, 0.1) is 5.69 Å². The molecule has 0 bridgehead atoms. The minimum atomic E-state index is -0.0919. The highest BCUT2D eigenvalue weighted by molar-refractivity contribution is 5.78. The predicted molar refractivity (Wildman–Crippen MR) is 106 cm³/mol. The van der Waals surface area contributed by atoms with Crippen LogP contribution in [0.25, 0.3) is 11.3 Å². The zero-order chi connectivity index (χ0) is 19.4. The van der Waals surface area contributed by atoms with E-state index in [1.54, 1.807) is 35.4 Å². The summed E-state index contributed by atoms with van der Waals surface area (Å²) >= 11 is 0. The fraction of sp³-hybridized carbons (Fsp3) is 0.333. The number of hydrogen-bond acceptors (Lipinski definition) is 4. The van der Waals surface area contributed by atoms with Gasteiger partial charge < -0.3 is 14.9 Å². The summed E-state index contributed by atoms with van der Waals surface area (Å²) in [5.74, 6) is 0.179. The molecule has 1 aromatic heterocycles. The molecule has 142 valence electrons. The van der Waals surface area contributed by atoms with Crippen molar-refractivity contribution in [1.82, 2.24) is 19.4 Å². The van der Waals surface area contributed by atoms with Gasteiger partial charge in [-0.05, 0) is 38.0 Å². The van der Waals surface area contributed by atoms with Crippen molar-refractivity contribution in [2.24, 2.45) is 0 Å². The van der Waals surface area contributed by atoms with Gasteiger partial charge in [-0.15, -0.1) is 0 Å². The van der Waals surface area contributed by atoms with Gasteiger partial charge in [0, 0.05) is 43.6 Å². The van der Waals surface area contributed by atoms with Crippen molar-refractivity contribution in [2.75, 3.05) is 20.1 Å². The third kappa shape index (κ3) is 4.22. The van der Waals surface area contributed by atoms with Crippen molar-refractivity contribution in [3.8, 4) is 17.0 Å². The van der Waals surface area contributed by atoms with Crippen LogP contribution in [0, 0.1) is 0 Å². The lowest BCUT2D eigenvalue weighted by Crippen LogP contribution is -2.46. The normalized spacial score (nSPS) is 15.6. The average Bonchev–Trinajstić information content (AvgIpc) is 3.17. The van der Waals surface area contributed by atoms with Crippen molar-refractivity contribution < 1.29 is 9.90 Å². The van der Waals surface area contributed by atoms with Gasteiger partial charge in [-0.25, -0.2) is 9.78 Å². The summed E-state index contributed by atoms with van der Waals surface area (Å²) in [4.78, 5) is 21.3. The molecule has 0 atom stereocenters. The topological polar surface area (TPSA) is 61.6 Å². The maximum absolute atomic E-state index is 12.8. The molecule has 1 aliphatic rings. The van der Waals surface area contributed by atoms with Crippen molar-refractivity contribution >= 4 is 6.03 Å². The van der Waals surface area contributed by atoms with E-state index in [1.807, 2.05) is 19.2 Å². The predicted octanol–water partition coefficient (Wildman–Crippen LogP) is 3.71. The number of nitrogens with zero attached hydrogens (tertiary/aromatic N) is 4. The summed E-state index contributed by atoms with van der Waals surface area (Å²) < 4.78 is 1.51. The number of imidazole rings is 1. The van der Waals surface area contributed by atoms with Crippen LogP contribution in [0.5, 0.6) is 5.75 Å². The highest BCUT2D eigenvalue weighted by atomic mass is 16.3. The number of hydrogen-bond donors (Lipinski definition) is 1. The molecule has 0 aliphatic carbocycles. The molecule has 1 saturated heterocycles. The first kappa shape index (κ1) is 18.8. The van der Waals surface area contributed by atoms with E-state index >= 15 is 0 Å². The average molecular weight is 366 g/mol. The zero-order valence-corrected chi connectivity index (χ0v) is 15.9. The zero-order valence-electron chi connectivity index (χ0n) is 15.9. The number of piperidine rings is 1. The summed E-state index contributed by atoms with van der Waals surface area (Å²) in [7, 11) is 1.85. The number of benzene rings is 1. The Balaban J connectivity index is 1.65. The maximum atomic E-state index is 12.8. The lowest BCUT2D eigenvalue weighted by atomic mass is 10.0. The highest BCUT2D eigenvalue weighted by Crippen LogP contribution is 2.23. The number of carbonyl (C=O) groups is 1. The van der Waals surface area contributed by atoms with Crippen molar-refractivity contribution in [1.29, 1.82) is 0 Å². The van der Waals surface area contributed by atoms with E-state index in [0.717, 1.165) is 31.5 Å². The van der Waals surface area contributed by atoms with Crippen LogP contribution in [0.3, 0.4) is 0 Å². The van der Waals surface area contributed by atoms with E-state index in [4.69, 9.17) is 0 Å². The van der Waals surface area contributed by atoms with E-state index in [2.05, 4.69) is 23.4 Å². The first-order valence-corrected chi connectivity index (χ1v) is 9.14. The molecular formula is C21H26N4O2. The molecular weight excluding hydrogens is 340 g/mol. The van der Waals surface area contributed by atoms with Crippen LogP contribution >= 0.6 is 0 Å². The summed E-state index contributed by atoms with van der Waals surface area (Å²) in [6, 6.07) is 6.97.